The lowest BCUT2D eigenvalue weighted by atomic mass is 10.2. The Morgan fingerprint density at radius 3 is 2.50 bits per heavy atom. The summed E-state index contributed by atoms with van der Waals surface area (Å²) in [6.07, 6.45) is 3.46. The molecule has 2 heterocycles. The molecule has 0 radical (unpaired) electrons. The second-order valence-corrected chi connectivity index (χ2v) is 8.36. The molecule has 30 heavy (non-hydrogen) atoms. The lowest BCUT2D eigenvalue weighted by Crippen LogP contribution is -2.30. The van der Waals surface area contributed by atoms with Crippen LogP contribution in [0, 0.1) is 0 Å². The molecule has 0 unspecified atom stereocenters. The zero-order valence-electron chi connectivity index (χ0n) is 16.3. The first kappa shape index (κ1) is 20.3. The number of pyridine rings is 1. The number of hydrogen-bond acceptors (Lipinski definition) is 6. The van der Waals surface area contributed by atoms with Gasteiger partial charge in [0.15, 0.2) is 16.6 Å². The van der Waals surface area contributed by atoms with Crippen LogP contribution in [0.2, 0.25) is 0 Å². The van der Waals surface area contributed by atoms with Crippen LogP contribution >= 0.6 is 27.3 Å². The number of aromatic nitrogens is 2. The summed E-state index contributed by atoms with van der Waals surface area (Å²) in [5.74, 6) is 1.09. The van der Waals surface area contributed by atoms with Gasteiger partial charge in [-0.3, -0.25) is 14.7 Å². The lowest BCUT2D eigenvalue weighted by molar-refractivity contribution is 0.0985. The summed E-state index contributed by atoms with van der Waals surface area (Å²) in [5.41, 5.74) is 2.24. The highest BCUT2D eigenvalue weighted by Crippen LogP contribution is 2.38. The number of nitrogens with zero attached hydrogens (tertiary/aromatic N) is 3. The molecule has 0 fully saturated rings. The number of amides is 1. The van der Waals surface area contributed by atoms with E-state index in [0.29, 0.717) is 28.7 Å². The molecule has 2 aromatic heterocycles. The molecule has 4 aromatic rings. The van der Waals surface area contributed by atoms with E-state index in [1.807, 2.05) is 36.4 Å². The number of halogens is 1. The molecule has 6 nitrogen and oxygen atoms in total. The average Bonchev–Trinajstić information content (AvgIpc) is 3.19. The maximum absolute atomic E-state index is 13.4. The molecule has 152 valence electrons. The highest BCUT2D eigenvalue weighted by Gasteiger charge is 2.22. The molecule has 8 heteroatoms. The van der Waals surface area contributed by atoms with Crippen LogP contribution in [0.15, 0.2) is 65.4 Å². The van der Waals surface area contributed by atoms with Gasteiger partial charge in [0.1, 0.15) is 0 Å². The molecule has 4 rings (SSSR count). The molecule has 0 spiro atoms. The van der Waals surface area contributed by atoms with Crippen molar-refractivity contribution in [1.82, 2.24) is 9.97 Å². The molecule has 0 aliphatic rings. The Labute approximate surface area is 186 Å². The van der Waals surface area contributed by atoms with Crippen molar-refractivity contribution in [3.05, 3.63) is 76.5 Å². The molecular weight excluding hydrogens is 466 g/mol. The Hall–Kier alpha value is -2.97. The van der Waals surface area contributed by atoms with Gasteiger partial charge in [-0.1, -0.05) is 33.3 Å². The lowest BCUT2D eigenvalue weighted by Gasteiger charge is -2.20. The van der Waals surface area contributed by atoms with Crippen molar-refractivity contribution in [3.8, 4) is 11.5 Å². The molecule has 0 saturated carbocycles. The van der Waals surface area contributed by atoms with Crippen molar-refractivity contribution in [3.63, 3.8) is 0 Å². The van der Waals surface area contributed by atoms with Crippen molar-refractivity contribution in [2.45, 2.75) is 6.54 Å². The normalized spacial score (nSPS) is 10.8. The van der Waals surface area contributed by atoms with E-state index < -0.39 is 0 Å². The van der Waals surface area contributed by atoms with Crippen LogP contribution in [0.4, 0.5) is 5.13 Å². The summed E-state index contributed by atoms with van der Waals surface area (Å²) in [6, 6.07) is 14.8. The third kappa shape index (κ3) is 4.15. The zero-order valence-corrected chi connectivity index (χ0v) is 18.7. The van der Waals surface area contributed by atoms with Crippen LogP contribution in [0.3, 0.4) is 0 Å². The Bertz CT molecular complexity index is 1140. The minimum absolute atomic E-state index is 0.135. The summed E-state index contributed by atoms with van der Waals surface area (Å²) in [4.78, 5) is 23.9. The summed E-state index contributed by atoms with van der Waals surface area (Å²) in [5, 5.41) is 0.595. The van der Waals surface area contributed by atoms with E-state index in [1.54, 1.807) is 43.6 Å². The van der Waals surface area contributed by atoms with E-state index in [-0.39, 0.29) is 5.91 Å². The van der Waals surface area contributed by atoms with E-state index in [2.05, 4.69) is 20.9 Å². The molecule has 0 aliphatic carbocycles. The topological polar surface area (TPSA) is 64.5 Å². The Morgan fingerprint density at radius 1 is 1.10 bits per heavy atom. The number of hydrogen-bond donors (Lipinski definition) is 0. The van der Waals surface area contributed by atoms with Crippen molar-refractivity contribution in [2.24, 2.45) is 0 Å². The van der Waals surface area contributed by atoms with Crippen molar-refractivity contribution in [2.75, 3.05) is 19.1 Å². The third-order valence-corrected chi connectivity index (χ3v) is 6.08. The van der Waals surface area contributed by atoms with Crippen molar-refractivity contribution >= 4 is 48.5 Å². The second-order valence-electron chi connectivity index (χ2n) is 6.43. The number of thiazole rings is 1. The molecule has 0 bridgehead atoms. The SMILES string of the molecule is COc1cc2nc(N(Cc3cccnc3)C(=O)c3ccc(Br)cc3)sc2cc1OC. The first-order valence-electron chi connectivity index (χ1n) is 9.08. The predicted octanol–water partition coefficient (Wildman–Crippen LogP) is 5.32. The highest BCUT2D eigenvalue weighted by molar-refractivity contribution is 9.10. The van der Waals surface area contributed by atoms with Crippen LogP contribution in [0.5, 0.6) is 11.5 Å². The predicted molar refractivity (Wildman–Crippen MR) is 122 cm³/mol. The number of carbonyl (C=O) groups is 1. The first-order chi connectivity index (χ1) is 14.6. The largest absolute Gasteiger partial charge is 0.493 e. The van der Waals surface area contributed by atoms with E-state index in [9.17, 15) is 4.79 Å². The number of anilines is 1. The van der Waals surface area contributed by atoms with Gasteiger partial charge in [0.05, 0.1) is 31.0 Å². The van der Waals surface area contributed by atoms with Gasteiger partial charge in [0.25, 0.3) is 5.91 Å². The number of carbonyl (C=O) groups excluding carboxylic acids is 1. The minimum Gasteiger partial charge on any atom is -0.493 e. The van der Waals surface area contributed by atoms with Gasteiger partial charge in [-0.15, -0.1) is 0 Å². The standard InChI is InChI=1S/C22H18BrN3O3S/c1-28-18-10-17-20(11-19(18)29-2)30-22(25-17)26(13-14-4-3-9-24-12-14)21(27)15-5-7-16(23)8-6-15/h3-12H,13H2,1-2H3. The number of rotatable bonds is 6. The molecular formula is C22H18BrN3O3S. The molecule has 0 aliphatic heterocycles. The fourth-order valence-electron chi connectivity index (χ4n) is 3.01. The fraction of sp³-hybridized carbons (Fsp3) is 0.136. The van der Waals surface area contributed by atoms with E-state index in [1.165, 1.54) is 11.3 Å². The Kier molecular flexibility index (Phi) is 5.96. The van der Waals surface area contributed by atoms with Gasteiger partial charge >= 0.3 is 0 Å². The van der Waals surface area contributed by atoms with Crippen LogP contribution in [0.25, 0.3) is 10.2 Å². The third-order valence-electron chi connectivity index (χ3n) is 4.51. The monoisotopic (exact) mass is 483 g/mol. The summed E-state index contributed by atoms with van der Waals surface area (Å²) in [7, 11) is 3.18. The first-order valence-corrected chi connectivity index (χ1v) is 10.7. The Balaban J connectivity index is 1.78. The molecule has 0 atom stereocenters. The van der Waals surface area contributed by atoms with Crippen LogP contribution in [0.1, 0.15) is 15.9 Å². The second kappa shape index (κ2) is 8.81. The summed E-state index contributed by atoms with van der Waals surface area (Å²) in [6.45, 7) is 0.358. The van der Waals surface area contributed by atoms with Gasteiger partial charge in [0.2, 0.25) is 0 Å². The Morgan fingerprint density at radius 2 is 1.83 bits per heavy atom. The average molecular weight is 484 g/mol. The summed E-state index contributed by atoms with van der Waals surface area (Å²) < 4.78 is 12.6. The minimum atomic E-state index is -0.135. The van der Waals surface area contributed by atoms with Gasteiger partial charge in [-0.05, 0) is 35.9 Å². The number of fused-ring (bicyclic) bond motifs is 1. The van der Waals surface area contributed by atoms with Crippen molar-refractivity contribution in [1.29, 1.82) is 0 Å². The van der Waals surface area contributed by atoms with Gasteiger partial charge in [0, 0.05) is 34.6 Å². The van der Waals surface area contributed by atoms with Crippen molar-refractivity contribution < 1.29 is 14.3 Å². The molecule has 0 N–H and O–H groups in total. The fourth-order valence-corrected chi connectivity index (χ4v) is 4.24. The van der Waals surface area contributed by atoms with Gasteiger partial charge in [-0.25, -0.2) is 4.98 Å². The maximum Gasteiger partial charge on any atom is 0.260 e. The van der Waals surface area contributed by atoms with E-state index in [4.69, 9.17) is 14.5 Å². The van der Waals surface area contributed by atoms with Crippen LogP contribution in [-0.2, 0) is 6.54 Å². The zero-order chi connectivity index (χ0) is 21.1. The molecule has 0 saturated heterocycles. The number of methoxy groups -OCH3 is 2. The molecule has 2 aromatic carbocycles. The van der Waals surface area contributed by atoms with E-state index in [0.717, 1.165) is 20.3 Å². The maximum atomic E-state index is 13.4. The quantitative estimate of drug-likeness (QED) is 0.371. The van der Waals surface area contributed by atoms with Gasteiger partial charge < -0.3 is 9.47 Å². The van der Waals surface area contributed by atoms with Crippen LogP contribution in [-0.4, -0.2) is 30.1 Å². The highest BCUT2D eigenvalue weighted by atomic mass is 79.9. The summed E-state index contributed by atoms with van der Waals surface area (Å²) >= 11 is 4.84. The van der Waals surface area contributed by atoms with E-state index >= 15 is 0 Å². The molecule has 1 amide bonds. The number of benzene rings is 2. The van der Waals surface area contributed by atoms with Gasteiger partial charge in [-0.2, -0.15) is 0 Å². The smallest absolute Gasteiger partial charge is 0.260 e. The van der Waals surface area contributed by atoms with Crippen LogP contribution < -0.4 is 14.4 Å². The number of ether oxygens (including phenoxy) is 2.